The fourth-order valence-corrected chi connectivity index (χ4v) is 4.14. The number of amides is 1. The molecule has 0 unspecified atom stereocenters. The van der Waals surface area contributed by atoms with Crippen molar-refractivity contribution in [1.82, 2.24) is 14.8 Å². The molecule has 1 N–H and O–H groups in total. The SMILES string of the molecule is C=C(Cl)Cn1c(=O)c(CNC2CCN(C(=O)OCC)CC2)cc2cc3c(cc21)OCO3. The van der Waals surface area contributed by atoms with Crippen LogP contribution in [0.15, 0.2) is 34.6 Å². The molecule has 0 spiro atoms. The summed E-state index contributed by atoms with van der Waals surface area (Å²) >= 11 is 6.05. The number of nitrogens with one attached hydrogen (secondary N) is 1. The molecule has 9 heteroatoms. The van der Waals surface area contributed by atoms with Crippen molar-refractivity contribution in [2.24, 2.45) is 0 Å². The van der Waals surface area contributed by atoms with E-state index in [1.165, 1.54) is 0 Å². The van der Waals surface area contributed by atoms with Crippen molar-refractivity contribution in [3.05, 3.63) is 45.7 Å². The topological polar surface area (TPSA) is 82.0 Å². The molecule has 3 heterocycles. The minimum Gasteiger partial charge on any atom is -0.454 e. The Morgan fingerprint density at radius 2 is 1.97 bits per heavy atom. The molecular weight excluding hydrogens is 422 g/mol. The van der Waals surface area contributed by atoms with Crippen molar-refractivity contribution >= 4 is 28.6 Å². The zero-order valence-corrected chi connectivity index (χ0v) is 18.2. The van der Waals surface area contributed by atoms with Crippen LogP contribution in [0.1, 0.15) is 25.3 Å². The van der Waals surface area contributed by atoms with Crippen LogP contribution in [0.2, 0.25) is 0 Å². The molecule has 1 aromatic carbocycles. The van der Waals surface area contributed by atoms with Gasteiger partial charge in [-0.2, -0.15) is 0 Å². The minimum absolute atomic E-state index is 0.121. The first-order valence-corrected chi connectivity index (χ1v) is 10.8. The number of allylic oxidation sites excluding steroid dienone is 1. The van der Waals surface area contributed by atoms with Gasteiger partial charge in [0.1, 0.15) is 0 Å². The highest BCUT2D eigenvalue weighted by Crippen LogP contribution is 2.36. The van der Waals surface area contributed by atoms with Gasteiger partial charge >= 0.3 is 6.09 Å². The van der Waals surface area contributed by atoms with Gasteiger partial charge in [0.15, 0.2) is 11.5 Å². The average molecular weight is 448 g/mol. The number of hydrogen-bond acceptors (Lipinski definition) is 6. The molecule has 31 heavy (non-hydrogen) atoms. The normalized spacial score (nSPS) is 16.0. The summed E-state index contributed by atoms with van der Waals surface area (Å²) in [6.45, 7) is 7.98. The molecule has 2 aliphatic heterocycles. The van der Waals surface area contributed by atoms with Gasteiger partial charge in [-0.25, -0.2) is 4.79 Å². The van der Waals surface area contributed by atoms with E-state index in [1.54, 1.807) is 22.5 Å². The molecule has 4 rings (SSSR count). The van der Waals surface area contributed by atoms with E-state index in [-0.39, 0.29) is 31.0 Å². The number of benzene rings is 1. The Bertz CT molecular complexity index is 1060. The van der Waals surface area contributed by atoms with Gasteiger partial charge in [-0.05, 0) is 31.9 Å². The number of carbonyl (C=O) groups is 1. The second-order valence-electron chi connectivity index (χ2n) is 7.68. The first-order chi connectivity index (χ1) is 15.0. The third kappa shape index (κ3) is 4.65. The summed E-state index contributed by atoms with van der Waals surface area (Å²) in [6.07, 6.45) is 1.34. The molecule has 0 bridgehead atoms. The van der Waals surface area contributed by atoms with E-state index in [1.807, 2.05) is 12.1 Å². The maximum atomic E-state index is 13.2. The number of likely N-dealkylation sites (tertiary alicyclic amines) is 1. The Kier molecular flexibility index (Phi) is 6.38. The number of halogens is 1. The van der Waals surface area contributed by atoms with Crippen molar-refractivity contribution in [2.45, 2.75) is 38.9 Å². The van der Waals surface area contributed by atoms with Crippen molar-refractivity contribution in [3.8, 4) is 11.5 Å². The predicted octanol–water partition coefficient (Wildman–Crippen LogP) is 3.19. The number of nitrogens with zero attached hydrogens (tertiary/aromatic N) is 2. The number of ether oxygens (including phenoxy) is 3. The quantitative estimate of drug-likeness (QED) is 0.732. The van der Waals surface area contributed by atoms with Gasteiger partial charge in [-0.1, -0.05) is 18.2 Å². The number of fused-ring (bicyclic) bond motifs is 2. The second kappa shape index (κ2) is 9.20. The van der Waals surface area contributed by atoms with E-state index < -0.39 is 0 Å². The van der Waals surface area contributed by atoms with Gasteiger partial charge in [0.2, 0.25) is 6.79 Å². The van der Waals surface area contributed by atoms with Crippen LogP contribution < -0.4 is 20.3 Å². The third-order valence-corrected chi connectivity index (χ3v) is 5.71. The third-order valence-electron chi connectivity index (χ3n) is 5.59. The van der Waals surface area contributed by atoms with Crippen LogP contribution in [0.25, 0.3) is 10.9 Å². The van der Waals surface area contributed by atoms with Crippen LogP contribution in [0.3, 0.4) is 0 Å². The van der Waals surface area contributed by atoms with Crippen LogP contribution in [0, 0.1) is 0 Å². The molecular formula is C22H26ClN3O5. The van der Waals surface area contributed by atoms with Crippen LogP contribution in [0.5, 0.6) is 11.5 Å². The first kappa shape index (κ1) is 21.5. The summed E-state index contributed by atoms with van der Waals surface area (Å²) in [5, 5.41) is 4.71. The molecule has 2 aromatic rings. The zero-order chi connectivity index (χ0) is 22.0. The second-order valence-corrected chi connectivity index (χ2v) is 8.22. The van der Waals surface area contributed by atoms with Gasteiger partial charge in [-0.15, -0.1) is 0 Å². The maximum Gasteiger partial charge on any atom is 0.409 e. The Labute approximate surface area is 185 Å². The number of piperidine rings is 1. The number of carbonyl (C=O) groups excluding carboxylic acids is 1. The molecule has 1 fully saturated rings. The number of aromatic nitrogens is 1. The Balaban J connectivity index is 1.52. The highest BCUT2D eigenvalue weighted by Gasteiger charge is 2.24. The van der Waals surface area contributed by atoms with Gasteiger partial charge in [-0.3, -0.25) is 4.79 Å². The minimum atomic E-state index is -0.265. The Hall–Kier alpha value is -2.71. The molecule has 2 aliphatic rings. The lowest BCUT2D eigenvalue weighted by Gasteiger charge is -2.31. The van der Waals surface area contributed by atoms with Crippen molar-refractivity contribution in [2.75, 3.05) is 26.5 Å². The van der Waals surface area contributed by atoms with Crippen LogP contribution >= 0.6 is 11.6 Å². The lowest BCUT2D eigenvalue weighted by atomic mass is 10.0. The molecule has 0 saturated carbocycles. The van der Waals surface area contributed by atoms with E-state index in [9.17, 15) is 9.59 Å². The predicted molar refractivity (Wildman–Crippen MR) is 118 cm³/mol. The standard InChI is InChI=1S/C22H26ClN3O5/c1-3-29-22(28)25-6-4-17(5-7-25)24-11-16-8-15-9-19-20(31-13-30-19)10-18(15)26(21(16)27)12-14(2)23/h8-10,17,24H,2-7,11-13H2,1H3. The van der Waals surface area contributed by atoms with Gasteiger partial charge in [0.25, 0.3) is 5.56 Å². The molecule has 0 atom stereocenters. The summed E-state index contributed by atoms with van der Waals surface area (Å²) in [4.78, 5) is 26.8. The molecule has 0 radical (unpaired) electrons. The summed E-state index contributed by atoms with van der Waals surface area (Å²) in [7, 11) is 0. The number of rotatable bonds is 6. The molecule has 1 saturated heterocycles. The smallest absolute Gasteiger partial charge is 0.409 e. The molecule has 1 aromatic heterocycles. The molecule has 166 valence electrons. The van der Waals surface area contributed by atoms with Gasteiger partial charge in [0.05, 0.1) is 18.7 Å². The van der Waals surface area contributed by atoms with E-state index in [2.05, 4.69) is 11.9 Å². The van der Waals surface area contributed by atoms with Crippen molar-refractivity contribution in [3.63, 3.8) is 0 Å². The monoisotopic (exact) mass is 447 g/mol. The zero-order valence-electron chi connectivity index (χ0n) is 17.5. The van der Waals surface area contributed by atoms with Crippen LogP contribution in [0.4, 0.5) is 4.79 Å². The summed E-state index contributed by atoms with van der Waals surface area (Å²) in [5.74, 6) is 1.27. The van der Waals surface area contributed by atoms with Gasteiger partial charge < -0.3 is 29.0 Å². The summed E-state index contributed by atoms with van der Waals surface area (Å²) in [6, 6.07) is 5.79. The van der Waals surface area contributed by atoms with Crippen molar-refractivity contribution in [1.29, 1.82) is 0 Å². The Morgan fingerprint density at radius 1 is 1.26 bits per heavy atom. The summed E-state index contributed by atoms with van der Waals surface area (Å²) in [5.41, 5.74) is 1.24. The molecule has 0 aliphatic carbocycles. The van der Waals surface area contributed by atoms with Gasteiger partial charge in [0, 0.05) is 47.7 Å². The fourth-order valence-electron chi connectivity index (χ4n) is 4.02. The maximum absolute atomic E-state index is 13.2. The van der Waals surface area contributed by atoms with Crippen LogP contribution in [-0.4, -0.2) is 48.1 Å². The highest BCUT2D eigenvalue weighted by molar-refractivity contribution is 6.29. The average Bonchev–Trinajstić information content (AvgIpc) is 3.21. The van der Waals surface area contributed by atoms with Crippen LogP contribution in [-0.2, 0) is 17.8 Å². The van der Waals surface area contributed by atoms with Crippen molar-refractivity contribution < 1.29 is 19.0 Å². The summed E-state index contributed by atoms with van der Waals surface area (Å²) < 4.78 is 17.6. The molecule has 1 amide bonds. The number of hydrogen-bond donors (Lipinski definition) is 1. The Morgan fingerprint density at radius 3 is 2.65 bits per heavy atom. The first-order valence-electron chi connectivity index (χ1n) is 10.4. The van der Waals surface area contributed by atoms with E-state index in [4.69, 9.17) is 25.8 Å². The highest BCUT2D eigenvalue weighted by atomic mass is 35.5. The molecule has 8 nitrogen and oxygen atoms in total. The van der Waals surface area contributed by atoms with E-state index in [0.29, 0.717) is 48.3 Å². The lowest BCUT2D eigenvalue weighted by Crippen LogP contribution is -2.45. The number of pyridine rings is 1. The van der Waals surface area contributed by atoms with E-state index in [0.717, 1.165) is 23.7 Å². The van der Waals surface area contributed by atoms with E-state index >= 15 is 0 Å². The fraction of sp³-hybridized carbons (Fsp3) is 0.455. The largest absolute Gasteiger partial charge is 0.454 e. The lowest BCUT2D eigenvalue weighted by molar-refractivity contribution is 0.0950.